The van der Waals surface area contributed by atoms with Crippen molar-refractivity contribution in [2.45, 2.75) is 51.4 Å². The molecule has 1 aromatic heterocycles. The van der Waals surface area contributed by atoms with E-state index in [1.165, 1.54) is 32.4 Å². The third kappa shape index (κ3) is 2.41. The standard InChI is InChI=1S/C15H23N3O2/c1-10-15(20)12(11(9-19)7-16-10)8-17-13-4-6-18-5-2-3-14(13)18/h7,13-14,17,19-20H,2-6,8-9H2,1H3. The van der Waals surface area contributed by atoms with Crippen LogP contribution < -0.4 is 5.32 Å². The highest BCUT2D eigenvalue weighted by Gasteiger charge is 2.36. The van der Waals surface area contributed by atoms with E-state index < -0.39 is 0 Å². The van der Waals surface area contributed by atoms with E-state index in [1.807, 2.05) is 0 Å². The first kappa shape index (κ1) is 13.8. The number of pyridine rings is 1. The lowest BCUT2D eigenvalue weighted by atomic mass is 10.0. The summed E-state index contributed by atoms with van der Waals surface area (Å²) >= 11 is 0. The molecular weight excluding hydrogens is 254 g/mol. The number of nitrogens with one attached hydrogen (secondary N) is 1. The minimum absolute atomic E-state index is 0.0852. The van der Waals surface area contributed by atoms with Gasteiger partial charge in [0.1, 0.15) is 5.75 Å². The van der Waals surface area contributed by atoms with Gasteiger partial charge < -0.3 is 15.5 Å². The van der Waals surface area contributed by atoms with E-state index in [1.54, 1.807) is 13.1 Å². The van der Waals surface area contributed by atoms with E-state index in [9.17, 15) is 10.2 Å². The summed E-state index contributed by atoms with van der Waals surface area (Å²) in [5.74, 6) is 0.213. The minimum Gasteiger partial charge on any atom is -0.506 e. The van der Waals surface area contributed by atoms with Gasteiger partial charge in [0.25, 0.3) is 0 Å². The lowest BCUT2D eigenvalue weighted by Gasteiger charge is -2.22. The number of aliphatic hydroxyl groups excluding tert-OH is 1. The lowest BCUT2D eigenvalue weighted by Crippen LogP contribution is -2.38. The molecule has 2 aliphatic rings. The third-order valence-corrected chi connectivity index (χ3v) is 4.75. The van der Waals surface area contributed by atoms with Gasteiger partial charge in [0, 0.05) is 42.5 Å². The molecule has 3 N–H and O–H groups in total. The van der Waals surface area contributed by atoms with Crippen LogP contribution in [-0.4, -0.2) is 45.3 Å². The van der Waals surface area contributed by atoms with Gasteiger partial charge in [-0.3, -0.25) is 9.88 Å². The van der Waals surface area contributed by atoms with Crippen LogP contribution in [-0.2, 0) is 13.2 Å². The zero-order valence-corrected chi connectivity index (χ0v) is 12.0. The molecule has 0 spiro atoms. The van der Waals surface area contributed by atoms with Crippen molar-refractivity contribution in [3.05, 3.63) is 23.0 Å². The number of aromatic nitrogens is 1. The molecule has 2 atom stereocenters. The minimum atomic E-state index is -0.0852. The molecule has 3 heterocycles. The number of aromatic hydroxyl groups is 1. The van der Waals surface area contributed by atoms with E-state index in [2.05, 4.69) is 15.2 Å². The van der Waals surface area contributed by atoms with Crippen molar-refractivity contribution in [3.8, 4) is 5.75 Å². The van der Waals surface area contributed by atoms with E-state index in [4.69, 9.17) is 0 Å². The molecule has 0 aliphatic carbocycles. The van der Waals surface area contributed by atoms with E-state index in [0.29, 0.717) is 29.9 Å². The van der Waals surface area contributed by atoms with Crippen molar-refractivity contribution in [1.82, 2.24) is 15.2 Å². The molecule has 2 unspecified atom stereocenters. The van der Waals surface area contributed by atoms with Crippen molar-refractivity contribution in [2.75, 3.05) is 13.1 Å². The smallest absolute Gasteiger partial charge is 0.141 e. The van der Waals surface area contributed by atoms with Crippen molar-refractivity contribution >= 4 is 0 Å². The summed E-state index contributed by atoms with van der Waals surface area (Å²) in [5.41, 5.74) is 2.12. The molecule has 20 heavy (non-hydrogen) atoms. The van der Waals surface area contributed by atoms with Crippen molar-refractivity contribution in [1.29, 1.82) is 0 Å². The SMILES string of the molecule is Cc1ncc(CO)c(CNC2CCN3CCCC23)c1O. The van der Waals surface area contributed by atoms with Crippen LogP contribution in [0.3, 0.4) is 0 Å². The lowest BCUT2D eigenvalue weighted by molar-refractivity contribution is 0.277. The molecule has 110 valence electrons. The van der Waals surface area contributed by atoms with Gasteiger partial charge in [0.2, 0.25) is 0 Å². The largest absolute Gasteiger partial charge is 0.506 e. The van der Waals surface area contributed by atoms with Crippen molar-refractivity contribution in [3.63, 3.8) is 0 Å². The van der Waals surface area contributed by atoms with Crippen molar-refractivity contribution in [2.24, 2.45) is 0 Å². The highest BCUT2D eigenvalue weighted by molar-refractivity contribution is 5.40. The first-order valence-electron chi connectivity index (χ1n) is 7.45. The molecule has 3 rings (SSSR count). The molecule has 0 saturated carbocycles. The first-order chi connectivity index (χ1) is 9.70. The van der Waals surface area contributed by atoms with Crippen LogP contribution >= 0.6 is 0 Å². The maximum atomic E-state index is 10.1. The van der Waals surface area contributed by atoms with Crippen molar-refractivity contribution < 1.29 is 10.2 Å². The second kappa shape index (κ2) is 5.68. The molecule has 2 fully saturated rings. The molecule has 0 aromatic carbocycles. The van der Waals surface area contributed by atoms with E-state index in [-0.39, 0.29) is 12.4 Å². The van der Waals surface area contributed by atoms with Gasteiger partial charge in [-0.2, -0.15) is 0 Å². The summed E-state index contributed by atoms with van der Waals surface area (Å²) in [6.45, 7) is 4.70. The fourth-order valence-corrected chi connectivity index (χ4v) is 3.57. The topological polar surface area (TPSA) is 68.6 Å². The van der Waals surface area contributed by atoms with E-state index in [0.717, 1.165) is 5.56 Å². The highest BCUT2D eigenvalue weighted by Crippen LogP contribution is 2.29. The fraction of sp³-hybridized carbons (Fsp3) is 0.667. The summed E-state index contributed by atoms with van der Waals surface area (Å²) in [6, 6.07) is 1.15. The Balaban J connectivity index is 1.70. The Bertz CT molecular complexity index is 492. The number of nitrogens with zero attached hydrogens (tertiary/aromatic N) is 2. The fourth-order valence-electron chi connectivity index (χ4n) is 3.57. The van der Waals surface area contributed by atoms with Crippen LogP contribution in [0.4, 0.5) is 0 Å². The predicted octanol–water partition coefficient (Wildman–Crippen LogP) is 0.914. The zero-order chi connectivity index (χ0) is 14.1. The molecule has 0 bridgehead atoms. The van der Waals surface area contributed by atoms with Crippen LogP contribution in [0.1, 0.15) is 36.1 Å². The summed E-state index contributed by atoms with van der Waals surface area (Å²) in [4.78, 5) is 6.65. The van der Waals surface area contributed by atoms with Crippen LogP contribution in [0, 0.1) is 6.92 Å². The second-order valence-electron chi connectivity index (χ2n) is 5.88. The van der Waals surface area contributed by atoms with Gasteiger partial charge in [0.15, 0.2) is 0 Å². The Morgan fingerprint density at radius 3 is 3.05 bits per heavy atom. The third-order valence-electron chi connectivity index (χ3n) is 4.75. The first-order valence-corrected chi connectivity index (χ1v) is 7.45. The molecule has 5 nitrogen and oxygen atoms in total. The summed E-state index contributed by atoms with van der Waals surface area (Å²) in [5, 5.41) is 23.1. The Morgan fingerprint density at radius 1 is 1.40 bits per heavy atom. The number of aryl methyl sites for hydroxylation is 1. The number of aliphatic hydroxyl groups is 1. The quantitative estimate of drug-likeness (QED) is 0.763. The number of rotatable bonds is 4. The Labute approximate surface area is 119 Å². The Morgan fingerprint density at radius 2 is 2.25 bits per heavy atom. The van der Waals surface area contributed by atoms with Gasteiger partial charge in [-0.05, 0) is 32.7 Å². The molecular formula is C15H23N3O2. The molecule has 0 radical (unpaired) electrons. The number of fused-ring (bicyclic) bond motifs is 1. The summed E-state index contributed by atoms with van der Waals surface area (Å²) in [7, 11) is 0. The zero-order valence-electron chi connectivity index (χ0n) is 12.0. The van der Waals surface area contributed by atoms with Gasteiger partial charge in [0.05, 0.1) is 12.3 Å². The molecule has 2 aliphatic heterocycles. The van der Waals surface area contributed by atoms with Crippen LogP contribution in [0.15, 0.2) is 6.20 Å². The van der Waals surface area contributed by atoms with Crippen LogP contribution in [0.25, 0.3) is 0 Å². The Kier molecular flexibility index (Phi) is 3.92. The monoisotopic (exact) mass is 277 g/mol. The van der Waals surface area contributed by atoms with Gasteiger partial charge >= 0.3 is 0 Å². The maximum absolute atomic E-state index is 10.1. The van der Waals surface area contributed by atoms with Gasteiger partial charge in [-0.25, -0.2) is 0 Å². The molecule has 1 aromatic rings. The predicted molar refractivity (Wildman–Crippen MR) is 76.4 cm³/mol. The number of hydrogen-bond donors (Lipinski definition) is 3. The molecule has 5 heteroatoms. The number of hydrogen-bond acceptors (Lipinski definition) is 5. The summed E-state index contributed by atoms with van der Waals surface area (Å²) in [6.07, 6.45) is 5.39. The molecule has 0 amide bonds. The second-order valence-corrected chi connectivity index (χ2v) is 5.88. The van der Waals surface area contributed by atoms with E-state index >= 15 is 0 Å². The average Bonchev–Trinajstić information content (AvgIpc) is 3.04. The summed E-state index contributed by atoms with van der Waals surface area (Å²) < 4.78 is 0. The molecule has 2 saturated heterocycles. The maximum Gasteiger partial charge on any atom is 0.141 e. The van der Waals surface area contributed by atoms with Gasteiger partial charge in [-0.1, -0.05) is 0 Å². The van der Waals surface area contributed by atoms with Crippen LogP contribution in [0.2, 0.25) is 0 Å². The van der Waals surface area contributed by atoms with Crippen LogP contribution in [0.5, 0.6) is 5.75 Å². The van der Waals surface area contributed by atoms with Gasteiger partial charge in [-0.15, -0.1) is 0 Å². The highest BCUT2D eigenvalue weighted by atomic mass is 16.3. The Hall–Kier alpha value is -1.17. The normalized spacial score (nSPS) is 26.1. The average molecular weight is 277 g/mol.